The van der Waals surface area contributed by atoms with Gasteiger partial charge in [0.05, 0.1) is 37.3 Å². The number of H-pyrrole nitrogens is 1. The molecule has 0 saturated carbocycles. The van der Waals surface area contributed by atoms with Gasteiger partial charge < -0.3 is 50.4 Å². The zero-order chi connectivity index (χ0) is 61.8. The van der Waals surface area contributed by atoms with Crippen molar-refractivity contribution in [3.63, 3.8) is 0 Å². The Labute approximate surface area is 509 Å². The van der Waals surface area contributed by atoms with Crippen molar-refractivity contribution in [1.82, 2.24) is 25.8 Å². The second-order valence-electron chi connectivity index (χ2n) is 23.3. The van der Waals surface area contributed by atoms with Gasteiger partial charge in [0.15, 0.2) is 5.71 Å². The Hall–Kier alpha value is -8.00. The van der Waals surface area contributed by atoms with E-state index in [1.165, 1.54) is 34.5 Å². The molecule has 3 aliphatic rings. The number of aromatic nitrogens is 1. The number of carboxylic acid groups (broad SMARTS) is 1. The number of carbonyl (C=O) groups excluding carboxylic acids is 5. The molecule has 4 aromatic carbocycles. The summed E-state index contributed by atoms with van der Waals surface area (Å²) in [5.74, 6) is -2.35. The lowest BCUT2D eigenvalue weighted by Gasteiger charge is -2.40. The molecule has 17 nitrogen and oxygen atoms in total. The van der Waals surface area contributed by atoms with E-state index in [0.717, 1.165) is 61.9 Å². The van der Waals surface area contributed by atoms with E-state index < -0.39 is 62.0 Å². The zero-order valence-corrected chi connectivity index (χ0v) is 52.6. The molecule has 0 spiro atoms. The third kappa shape index (κ3) is 15.5. The van der Waals surface area contributed by atoms with Crippen molar-refractivity contribution in [3.05, 3.63) is 166 Å². The lowest BCUT2D eigenvalue weighted by atomic mass is 9.87. The summed E-state index contributed by atoms with van der Waals surface area (Å²) < 4.78 is 14.0. The number of hydrogen-bond donors (Lipinski definition) is 6. The summed E-state index contributed by atoms with van der Waals surface area (Å²) in [6.45, 7) is 7.86. The lowest BCUT2D eigenvalue weighted by molar-refractivity contribution is -0.462. The van der Waals surface area contributed by atoms with Crippen LogP contribution in [0.4, 0.5) is 5.69 Å². The molecular formula is C67H82N7O10SSi+. The SMILES string of the molecule is C/C1=C\CC[C@H](C)OC(=O)C[C@H](c2ccc(O)cc2)NC(=O)C(Cc2c[nH]c3ccccc23)N(C)C(=O)[C@H](COCCNC(=O)CCSCC[Si]2(C)C3=CC(=[N+](C)C)C=CC3=C(c3ccccc3C(=O)O)c3ccc(N(C)C)cc32)NC(=O)[C@@H](C)C1. The van der Waals surface area contributed by atoms with Gasteiger partial charge in [0, 0.05) is 87.1 Å². The van der Waals surface area contributed by atoms with Gasteiger partial charge in [0.2, 0.25) is 23.6 Å². The van der Waals surface area contributed by atoms with Crippen molar-refractivity contribution >= 4 is 88.5 Å². The van der Waals surface area contributed by atoms with Gasteiger partial charge in [-0.1, -0.05) is 79.7 Å². The molecule has 0 bridgehead atoms. The maximum Gasteiger partial charge on any atom is 0.336 e. The normalized spacial score (nSPS) is 22.2. The fourth-order valence-corrected chi connectivity index (χ4v) is 17.7. The number of nitrogens with one attached hydrogen (secondary N) is 4. The summed E-state index contributed by atoms with van der Waals surface area (Å²) >= 11 is 1.72. The first-order chi connectivity index (χ1) is 41.1. The highest BCUT2D eigenvalue weighted by atomic mass is 32.2. The van der Waals surface area contributed by atoms with E-state index in [2.05, 4.69) is 73.4 Å². The zero-order valence-electron chi connectivity index (χ0n) is 50.8. The predicted molar refractivity (Wildman–Crippen MR) is 343 cm³/mol. The number of esters is 1. The highest BCUT2D eigenvalue weighted by Crippen LogP contribution is 2.44. The molecule has 86 heavy (non-hydrogen) atoms. The van der Waals surface area contributed by atoms with Crippen molar-refractivity contribution in [2.24, 2.45) is 5.92 Å². The quantitative estimate of drug-likeness (QED) is 0.0170. The second kappa shape index (κ2) is 28.9. The summed E-state index contributed by atoms with van der Waals surface area (Å²) in [5.41, 5.74) is 9.17. The number of carbonyl (C=O) groups is 6. The van der Waals surface area contributed by atoms with Crippen LogP contribution in [0.25, 0.3) is 16.5 Å². The maximum atomic E-state index is 14.9. The third-order valence-electron chi connectivity index (χ3n) is 16.5. The van der Waals surface area contributed by atoms with Gasteiger partial charge in [-0.2, -0.15) is 11.8 Å². The van der Waals surface area contributed by atoms with Crippen molar-refractivity contribution in [1.29, 1.82) is 0 Å². The van der Waals surface area contributed by atoms with Crippen molar-refractivity contribution in [2.75, 3.05) is 71.4 Å². The minimum atomic E-state index is -2.54. The molecule has 1 aliphatic carbocycles. The number of likely N-dealkylation sites (N-methyl/N-ethyl adjacent to an activating group) is 1. The Morgan fingerprint density at radius 1 is 0.919 bits per heavy atom. The molecule has 0 saturated heterocycles. The lowest BCUT2D eigenvalue weighted by Crippen LogP contribution is -2.57. The molecular weight excluding hydrogens is 1120 g/mol. The first kappa shape index (κ1) is 64.0. The number of amides is 4. The number of cyclic esters (lactones) is 1. The van der Waals surface area contributed by atoms with E-state index >= 15 is 0 Å². The molecule has 6 atom stereocenters. The fraction of sp³-hybridized carbons (Fsp3) is 0.388. The highest BCUT2D eigenvalue weighted by molar-refractivity contribution is 7.99. The van der Waals surface area contributed by atoms with Crippen LogP contribution in [0.2, 0.25) is 12.6 Å². The average molecular weight is 1210 g/mol. The van der Waals surface area contributed by atoms with Crippen molar-refractivity contribution in [2.45, 2.75) is 96.1 Å². The number of para-hydroxylation sites is 1. The van der Waals surface area contributed by atoms with Crippen LogP contribution in [-0.2, 0) is 39.9 Å². The number of benzene rings is 4. The fourth-order valence-electron chi connectivity index (χ4n) is 11.6. The molecule has 4 amide bonds. The molecule has 8 rings (SSSR count). The largest absolute Gasteiger partial charge is 0.508 e. The topological polar surface area (TPSA) is 223 Å². The van der Waals surface area contributed by atoms with E-state index in [1.807, 2.05) is 84.5 Å². The molecule has 454 valence electrons. The number of ether oxygens (including phenoxy) is 2. The van der Waals surface area contributed by atoms with E-state index in [0.29, 0.717) is 36.1 Å². The Morgan fingerprint density at radius 2 is 1.66 bits per heavy atom. The average Bonchev–Trinajstić information content (AvgIpc) is 2.20. The first-order valence-corrected chi connectivity index (χ1v) is 33.3. The molecule has 6 N–H and O–H groups in total. The third-order valence-corrected chi connectivity index (χ3v) is 22.3. The maximum absolute atomic E-state index is 14.9. The summed E-state index contributed by atoms with van der Waals surface area (Å²) in [5, 5.41) is 32.8. The summed E-state index contributed by atoms with van der Waals surface area (Å²) in [4.78, 5) is 90.1. The van der Waals surface area contributed by atoms with Crippen LogP contribution in [0.3, 0.4) is 0 Å². The van der Waals surface area contributed by atoms with E-state index in [-0.39, 0.29) is 62.1 Å². The van der Waals surface area contributed by atoms with Crippen LogP contribution in [-0.4, -0.2) is 159 Å². The number of aromatic amines is 1. The molecule has 3 heterocycles. The first-order valence-electron chi connectivity index (χ1n) is 29.5. The van der Waals surface area contributed by atoms with Crippen LogP contribution in [0, 0.1) is 5.92 Å². The molecule has 0 radical (unpaired) electrons. The van der Waals surface area contributed by atoms with Crippen molar-refractivity contribution in [3.8, 4) is 5.75 Å². The molecule has 19 heteroatoms. The second-order valence-corrected chi connectivity index (χ2v) is 28.8. The number of anilines is 1. The standard InChI is InChI=1S/C67H81N7O10SSi/c1-42-15-14-16-44(3)84-62(77)39-56(45-21-25-49(75)26-22-45)70-65(79)58(36-46-40-69-55-20-13-12-17-50(46)55)74(8)66(80)57(71-64(78)43(2)35-42)41-83-31-30-68-61(76)29-32-85-33-34-86(9)59-37-47(72(4)5)23-27-53(59)63(51-18-10-11-19-52(51)67(81)82)54-28-24-48(73(6)7)38-60(54)86/h10-13,15,17-28,37-38,40,43-44,56-58,69H,14,16,29-36,39,41H2,1-9H3,(H4-,68,70,71,75,76,78,79,81,82)/p+1/b42-15+/t43-,44-,56+,57-,58?/m0/s1. The summed E-state index contributed by atoms with van der Waals surface area (Å²) in [7, 11) is 7.08. The number of phenols is 1. The Morgan fingerprint density at radius 3 is 2.41 bits per heavy atom. The number of fused-ring (bicyclic) bond motifs is 3. The number of thioether (sulfide) groups is 1. The number of carboxylic acids is 1. The van der Waals surface area contributed by atoms with Crippen LogP contribution < -0.4 is 26.0 Å². The van der Waals surface area contributed by atoms with E-state index in [9.17, 15) is 39.0 Å². The van der Waals surface area contributed by atoms with Crippen LogP contribution in [0.5, 0.6) is 5.75 Å². The number of rotatable bonds is 17. The number of aromatic carboxylic acids is 1. The molecule has 1 aromatic heterocycles. The van der Waals surface area contributed by atoms with Gasteiger partial charge in [0.25, 0.3) is 0 Å². The van der Waals surface area contributed by atoms with Crippen molar-refractivity contribution < 1.29 is 53.0 Å². The minimum absolute atomic E-state index is 0.00878. The van der Waals surface area contributed by atoms with E-state index in [4.69, 9.17) is 9.47 Å². The number of hydrogen-bond acceptors (Lipinski definition) is 11. The van der Waals surface area contributed by atoms with Gasteiger partial charge in [0.1, 0.15) is 40.0 Å². The minimum Gasteiger partial charge on any atom is -0.508 e. The smallest absolute Gasteiger partial charge is 0.336 e. The predicted octanol–water partition coefficient (Wildman–Crippen LogP) is 8.24. The Kier molecular flexibility index (Phi) is 21.5. The van der Waals surface area contributed by atoms with Crippen LogP contribution in [0.15, 0.2) is 138 Å². The number of allylic oxidation sites excluding steroid dienone is 7. The van der Waals surface area contributed by atoms with Gasteiger partial charge in [-0.15, -0.1) is 0 Å². The van der Waals surface area contributed by atoms with Crippen LogP contribution in [0.1, 0.15) is 91.5 Å². The molecule has 0 fully saturated rings. The Bertz CT molecular complexity index is 3510. The Balaban J connectivity index is 0.947. The van der Waals surface area contributed by atoms with Gasteiger partial charge in [-0.25, -0.2) is 9.37 Å². The summed E-state index contributed by atoms with van der Waals surface area (Å²) in [6.07, 6.45) is 11.6. The van der Waals surface area contributed by atoms with Gasteiger partial charge in [-0.3, -0.25) is 24.0 Å². The van der Waals surface area contributed by atoms with Gasteiger partial charge >= 0.3 is 11.9 Å². The number of aromatic hydroxyl groups is 1. The number of phenolic OH excluding ortho intramolecular Hbond substituents is 1. The molecule has 2 unspecified atom stereocenters. The summed E-state index contributed by atoms with van der Waals surface area (Å²) in [6, 6.07) is 25.2. The van der Waals surface area contributed by atoms with E-state index in [1.54, 1.807) is 49.1 Å². The number of nitrogens with zero attached hydrogens (tertiary/aromatic N) is 3. The monoisotopic (exact) mass is 1200 g/mol. The van der Waals surface area contributed by atoms with Crippen LogP contribution >= 0.6 is 11.8 Å². The molecule has 5 aromatic rings. The highest BCUT2D eigenvalue weighted by Gasteiger charge is 2.44. The van der Waals surface area contributed by atoms with Gasteiger partial charge in [-0.05, 0) is 131 Å². The molecule has 2 aliphatic heterocycles.